The number of rotatable bonds is 1. The van der Waals surface area contributed by atoms with E-state index in [1.807, 2.05) is 0 Å². The van der Waals surface area contributed by atoms with Crippen LogP contribution in [0, 0.1) is 11.6 Å². The van der Waals surface area contributed by atoms with Crippen molar-refractivity contribution in [1.29, 1.82) is 0 Å². The van der Waals surface area contributed by atoms with Gasteiger partial charge in [-0.15, -0.1) is 0 Å². The molecule has 1 amide bonds. The Balaban J connectivity index is 2.30. The number of aliphatic hydroxyl groups is 2. The van der Waals surface area contributed by atoms with Gasteiger partial charge in [0.2, 0.25) is 0 Å². The minimum Gasteiger partial charge on any atom is -0.388 e. The number of halogens is 3. The van der Waals surface area contributed by atoms with Crippen molar-refractivity contribution in [2.75, 3.05) is 13.1 Å². The van der Waals surface area contributed by atoms with E-state index >= 15 is 0 Å². The average molecular weight is 322 g/mol. The molecule has 1 saturated heterocycles. The number of amides is 1. The molecule has 1 fully saturated rings. The molecular formula is C11H10BrF2NO3. The Hall–Kier alpha value is -1.05. The monoisotopic (exact) mass is 321 g/mol. The number of aliphatic hydroxyl groups excluding tert-OH is 2. The summed E-state index contributed by atoms with van der Waals surface area (Å²) in [6.07, 6.45) is -2.17. The molecule has 2 N–H and O–H groups in total. The minimum atomic E-state index is -1.09. The summed E-state index contributed by atoms with van der Waals surface area (Å²) < 4.78 is 27.3. The fourth-order valence-corrected chi connectivity index (χ4v) is 2.24. The summed E-state index contributed by atoms with van der Waals surface area (Å²) in [6.45, 7) is -0.288. The summed E-state index contributed by atoms with van der Waals surface area (Å²) in [6, 6.07) is 1.97. The van der Waals surface area contributed by atoms with Crippen LogP contribution in [0.15, 0.2) is 16.6 Å². The molecule has 0 bridgehead atoms. The van der Waals surface area contributed by atoms with Gasteiger partial charge < -0.3 is 15.1 Å². The standard InChI is InChI=1S/C11H10BrF2NO3/c12-5-1-6(13)10(7(14)2-5)11(18)15-3-8(16)9(17)4-15/h1-2,8-9,16-17H,3-4H2/t8-,9+. The first-order valence-electron chi connectivity index (χ1n) is 5.20. The van der Waals surface area contributed by atoms with Crippen LogP contribution in [0.1, 0.15) is 10.4 Å². The molecule has 1 aliphatic rings. The molecule has 2 atom stereocenters. The predicted molar refractivity (Wildman–Crippen MR) is 62.0 cm³/mol. The molecule has 7 heteroatoms. The van der Waals surface area contributed by atoms with Crippen LogP contribution >= 0.6 is 15.9 Å². The van der Waals surface area contributed by atoms with Crippen molar-refractivity contribution in [3.8, 4) is 0 Å². The quantitative estimate of drug-likeness (QED) is 0.808. The van der Waals surface area contributed by atoms with Crippen molar-refractivity contribution in [3.63, 3.8) is 0 Å². The molecule has 1 heterocycles. The molecule has 18 heavy (non-hydrogen) atoms. The second-order valence-corrected chi connectivity index (χ2v) is 5.00. The number of β-amino-alcohol motifs (C(OH)–C–C–N with tert-alkyl or cyclic N) is 2. The zero-order valence-electron chi connectivity index (χ0n) is 9.11. The van der Waals surface area contributed by atoms with Crippen molar-refractivity contribution >= 4 is 21.8 Å². The SMILES string of the molecule is O=C(c1c(F)cc(Br)cc1F)N1C[C@@H](O)[C@@H](O)C1. The average Bonchev–Trinajstić information content (AvgIpc) is 2.57. The Kier molecular flexibility index (Phi) is 3.65. The van der Waals surface area contributed by atoms with Gasteiger partial charge in [0, 0.05) is 17.6 Å². The highest BCUT2D eigenvalue weighted by Gasteiger charge is 2.35. The van der Waals surface area contributed by atoms with Crippen LogP contribution in [0.2, 0.25) is 0 Å². The lowest BCUT2D eigenvalue weighted by molar-refractivity contribution is 0.0572. The topological polar surface area (TPSA) is 60.8 Å². The Morgan fingerprint density at radius 2 is 1.67 bits per heavy atom. The zero-order chi connectivity index (χ0) is 13.4. The minimum absolute atomic E-state index is 0.144. The summed E-state index contributed by atoms with van der Waals surface area (Å²) in [7, 11) is 0. The van der Waals surface area contributed by atoms with Gasteiger partial charge in [-0.2, -0.15) is 0 Å². The van der Waals surface area contributed by atoms with E-state index in [-0.39, 0.29) is 17.6 Å². The smallest absolute Gasteiger partial charge is 0.260 e. The predicted octanol–water partition coefficient (Wildman–Crippen LogP) is 0.905. The van der Waals surface area contributed by atoms with E-state index in [2.05, 4.69) is 15.9 Å². The lowest BCUT2D eigenvalue weighted by Crippen LogP contribution is -2.31. The van der Waals surface area contributed by atoms with E-state index in [0.717, 1.165) is 17.0 Å². The van der Waals surface area contributed by atoms with Crippen LogP contribution in [0.25, 0.3) is 0 Å². The third-order valence-corrected chi connectivity index (χ3v) is 3.22. The number of likely N-dealkylation sites (tertiary alicyclic amines) is 1. The first-order chi connectivity index (χ1) is 8.40. The maximum atomic E-state index is 13.6. The summed E-state index contributed by atoms with van der Waals surface area (Å²) in [5.74, 6) is -2.85. The van der Waals surface area contributed by atoms with Gasteiger partial charge in [-0.05, 0) is 12.1 Å². The maximum Gasteiger partial charge on any atom is 0.260 e. The first kappa shape index (κ1) is 13.4. The van der Waals surface area contributed by atoms with E-state index in [9.17, 15) is 23.8 Å². The number of nitrogens with zero attached hydrogens (tertiary/aromatic N) is 1. The van der Waals surface area contributed by atoms with Crippen molar-refractivity contribution < 1.29 is 23.8 Å². The number of carbonyl (C=O) groups is 1. The van der Waals surface area contributed by atoms with Crippen LogP contribution in [0.5, 0.6) is 0 Å². The van der Waals surface area contributed by atoms with Gasteiger partial charge >= 0.3 is 0 Å². The molecule has 1 aromatic carbocycles. The van der Waals surface area contributed by atoms with E-state index in [1.165, 1.54) is 0 Å². The fraction of sp³-hybridized carbons (Fsp3) is 0.364. The van der Waals surface area contributed by atoms with Gasteiger partial charge in [0.05, 0.1) is 12.2 Å². The van der Waals surface area contributed by atoms with Gasteiger partial charge in [0.25, 0.3) is 5.91 Å². The van der Waals surface area contributed by atoms with Gasteiger partial charge in [-0.1, -0.05) is 15.9 Å². The Morgan fingerprint density at radius 3 is 2.11 bits per heavy atom. The molecule has 0 aliphatic carbocycles. The van der Waals surface area contributed by atoms with Crippen molar-refractivity contribution in [2.24, 2.45) is 0 Å². The van der Waals surface area contributed by atoms with Gasteiger partial charge in [0.15, 0.2) is 0 Å². The van der Waals surface area contributed by atoms with E-state index in [0.29, 0.717) is 0 Å². The molecule has 98 valence electrons. The maximum absolute atomic E-state index is 13.6. The molecule has 2 rings (SSSR count). The second kappa shape index (κ2) is 4.91. The van der Waals surface area contributed by atoms with Gasteiger partial charge in [0.1, 0.15) is 17.2 Å². The zero-order valence-corrected chi connectivity index (χ0v) is 10.7. The molecule has 4 nitrogen and oxygen atoms in total. The summed E-state index contributed by atoms with van der Waals surface area (Å²) in [5, 5.41) is 18.6. The van der Waals surface area contributed by atoms with Crippen LogP contribution in [0.3, 0.4) is 0 Å². The molecule has 1 aromatic rings. The molecule has 1 aliphatic heterocycles. The third kappa shape index (κ3) is 2.38. The Labute approximate surface area is 110 Å². The van der Waals surface area contributed by atoms with Gasteiger partial charge in [-0.3, -0.25) is 4.79 Å². The summed E-state index contributed by atoms with van der Waals surface area (Å²) in [4.78, 5) is 12.9. The van der Waals surface area contributed by atoms with Crippen LogP contribution < -0.4 is 0 Å². The molecule has 0 aromatic heterocycles. The highest BCUT2D eigenvalue weighted by Crippen LogP contribution is 2.22. The number of hydrogen-bond acceptors (Lipinski definition) is 3. The molecule has 0 unspecified atom stereocenters. The van der Waals surface area contributed by atoms with Crippen molar-refractivity contribution in [1.82, 2.24) is 4.90 Å². The molecule has 0 spiro atoms. The van der Waals surface area contributed by atoms with Crippen LogP contribution in [-0.4, -0.2) is 46.3 Å². The van der Waals surface area contributed by atoms with Crippen LogP contribution in [0.4, 0.5) is 8.78 Å². The Bertz CT molecular complexity index is 464. The molecule has 0 radical (unpaired) electrons. The lowest BCUT2D eigenvalue weighted by atomic mass is 10.1. The second-order valence-electron chi connectivity index (χ2n) is 4.09. The normalized spacial score (nSPS) is 23.5. The van der Waals surface area contributed by atoms with E-state index < -0.39 is 35.3 Å². The lowest BCUT2D eigenvalue weighted by Gasteiger charge is -2.16. The van der Waals surface area contributed by atoms with Crippen molar-refractivity contribution in [2.45, 2.75) is 12.2 Å². The fourth-order valence-electron chi connectivity index (χ4n) is 1.84. The summed E-state index contributed by atoms with van der Waals surface area (Å²) >= 11 is 2.91. The van der Waals surface area contributed by atoms with Crippen LogP contribution in [-0.2, 0) is 0 Å². The van der Waals surface area contributed by atoms with Crippen molar-refractivity contribution in [3.05, 3.63) is 33.8 Å². The van der Waals surface area contributed by atoms with Gasteiger partial charge in [-0.25, -0.2) is 8.78 Å². The Morgan fingerprint density at radius 1 is 1.22 bits per heavy atom. The highest BCUT2D eigenvalue weighted by atomic mass is 79.9. The largest absolute Gasteiger partial charge is 0.388 e. The number of benzene rings is 1. The summed E-state index contributed by atoms with van der Waals surface area (Å²) in [5.41, 5.74) is -0.681. The third-order valence-electron chi connectivity index (χ3n) is 2.77. The van der Waals surface area contributed by atoms with E-state index in [1.54, 1.807) is 0 Å². The number of hydrogen-bond donors (Lipinski definition) is 2. The van der Waals surface area contributed by atoms with E-state index in [4.69, 9.17) is 0 Å². The number of carbonyl (C=O) groups excluding carboxylic acids is 1. The first-order valence-corrected chi connectivity index (χ1v) is 5.99. The molecule has 0 saturated carbocycles. The highest BCUT2D eigenvalue weighted by molar-refractivity contribution is 9.10. The molecular weight excluding hydrogens is 312 g/mol.